The van der Waals surface area contributed by atoms with Crippen molar-refractivity contribution in [2.45, 2.75) is 25.7 Å². The van der Waals surface area contributed by atoms with E-state index in [2.05, 4.69) is 24.3 Å². The van der Waals surface area contributed by atoms with Crippen molar-refractivity contribution in [1.29, 1.82) is 0 Å². The predicted molar refractivity (Wildman–Crippen MR) is 112 cm³/mol. The zero-order valence-corrected chi connectivity index (χ0v) is 16.1. The number of benzene rings is 3. The number of hydrogen-bond donors (Lipinski definition) is 0. The summed E-state index contributed by atoms with van der Waals surface area (Å²) in [5, 5.41) is 0. The molecule has 0 N–H and O–H groups in total. The van der Waals surface area contributed by atoms with Crippen molar-refractivity contribution in [2.75, 3.05) is 13.2 Å². The first-order valence-corrected chi connectivity index (χ1v) is 9.78. The van der Waals surface area contributed by atoms with Gasteiger partial charge in [0.25, 0.3) is 0 Å². The lowest BCUT2D eigenvalue weighted by atomic mass is 10.1. The minimum Gasteiger partial charge on any atom is -0.490 e. The van der Waals surface area contributed by atoms with Gasteiger partial charge in [0.05, 0.1) is 18.8 Å². The predicted octanol–water partition coefficient (Wildman–Crippen LogP) is 5.52. The summed E-state index contributed by atoms with van der Waals surface area (Å²) >= 11 is 0. The van der Waals surface area contributed by atoms with Crippen molar-refractivity contribution in [2.24, 2.45) is 0 Å². The summed E-state index contributed by atoms with van der Waals surface area (Å²) < 4.78 is 11.9. The maximum atomic E-state index is 11.4. The zero-order valence-electron chi connectivity index (χ0n) is 16.1. The van der Waals surface area contributed by atoms with Crippen LogP contribution in [-0.4, -0.2) is 19.5 Å². The van der Waals surface area contributed by atoms with E-state index in [4.69, 9.17) is 9.47 Å². The maximum Gasteiger partial charge on any atom is 0.171 e. The van der Waals surface area contributed by atoms with Crippen molar-refractivity contribution in [3.8, 4) is 11.5 Å². The van der Waals surface area contributed by atoms with Gasteiger partial charge in [0.2, 0.25) is 0 Å². The van der Waals surface area contributed by atoms with Crippen LogP contribution in [0.25, 0.3) is 0 Å². The Morgan fingerprint density at radius 1 is 0.643 bits per heavy atom. The van der Waals surface area contributed by atoms with Gasteiger partial charge in [0.1, 0.15) is 0 Å². The van der Waals surface area contributed by atoms with Crippen LogP contribution in [0.2, 0.25) is 0 Å². The van der Waals surface area contributed by atoms with Crippen molar-refractivity contribution in [3.63, 3.8) is 0 Å². The van der Waals surface area contributed by atoms with Gasteiger partial charge in [-0.2, -0.15) is 0 Å². The van der Waals surface area contributed by atoms with E-state index in [0.29, 0.717) is 30.3 Å². The highest BCUT2D eigenvalue weighted by molar-refractivity contribution is 5.81. The van der Waals surface area contributed by atoms with Crippen molar-refractivity contribution >= 4 is 6.29 Å². The van der Waals surface area contributed by atoms with E-state index >= 15 is 0 Å². The van der Waals surface area contributed by atoms with Crippen LogP contribution in [0.15, 0.2) is 78.9 Å². The molecular formula is C25H26O3. The summed E-state index contributed by atoms with van der Waals surface area (Å²) in [6, 6.07) is 26.1. The molecule has 3 aromatic carbocycles. The molecule has 144 valence electrons. The van der Waals surface area contributed by atoms with E-state index in [9.17, 15) is 4.79 Å². The number of carbonyl (C=O) groups excluding carboxylic acids is 1. The molecule has 0 saturated heterocycles. The highest BCUT2D eigenvalue weighted by atomic mass is 16.5. The fourth-order valence-corrected chi connectivity index (χ4v) is 3.09. The lowest BCUT2D eigenvalue weighted by molar-refractivity contribution is 0.111. The molecule has 0 saturated carbocycles. The molecule has 0 spiro atoms. The Labute approximate surface area is 166 Å². The lowest BCUT2D eigenvalue weighted by Crippen LogP contribution is -2.06. The summed E-state index contributed by atoms with van der Waals surface area (Å²) in [6.07, 6.45) is 4.51. The molecular weight excluding hydrogens is 348 g/mol. The zero-order chi connectivity index (χ0) is 19.4. The van der Waals surface area contributed by atoms with E-state index in [0.717, 1.165) is 32.0 Å². The summed E-state index contributed by atoms with van der Waals surface area (Å²) in [7, 11) is 0. The van der Waals surface area contributed by atoms with Crippen molar-refractivity contribution in [3.05, 3.63) is 95.6 Å². The first kappa shape index (κ1) is 19.7. The maximum absolute atomic E-state index is 11.4. The van der Waals surface area contributed by atoms with Crippen LogP contribution in [0.1, 0.15) is 34.3 Å². The summed E-state index contributed by atoms with van der Waals surface area (Å²) in [5.41, 5.74) is 3.11. The van der Waals surface area contributed by atoms with Gasteiger partial charge in [-0.05, 0) is 48.9 Å². The van der Waals surface area contributed by atoms with Gasteiger partial charge in [0, 0.05) is 0 Å². The van der Waals surface area contributed by atoms with Crippen molar-refractivity contribution < 1.29 is 14.3 Å². The van der Waals surface area contributed by atoms with E-state index in [1.165, 1.54) is 11.1 Å². The fourth-order valence-electron chi connectivity index (χ4n) is 3.09. The number of para-hydroxylation sites is 1. The number of ether oxygens (including phenoxy) is 2. The Kier molecular flexibility index (Phi) is 7.68. The number of aldehydes is 1. The fraction of sp³-hybridized carbons (Fsp3) is 0.240. The van der Waals surface area contributed by atoms with Gasteiger partial charge in [-0.1, -0.05) is 66.7 Å². The van der Waals surface area contributed by atoms with Gasteiger partial charge in [-0.15, -0.1) is 0 Å². The third-order valence-corrected chi connectivity index (χ3v) is 4.55. The molecule has 0 radical (unpaired) electrons. The molecule has 3 nitrogen and oxygen atoms in total. The number of rotatable bonds is 11. The molecule has 0 aromatic heterocycles. The van der Waals surface area contributed by atoms with Crippen LogP contribution in [0.3, 0.4) is 0 Å². The minimum absolute atomic E-state index is 0.528. The monoisotopic (exact) mass is 374 g/mol. The first-order valence-electron chi connectivity index (χ1n) is 9.78. The molecule has 0 aliphatic rings. The molecule has 28 heavy (non-hydrogen) atoms. The van der Waals surface area contributed by atoms with E-state index < -0.39 is 0 Å². The Bertz CT molecular complexity index is 844. The second-order valence-corrected chi connectivity index (χ2v) is 6.67. The molecule has 3 heteroatoms. The molecule has 0 bridgehead atoms. The van der Waals surface area contributed by atoms with Gasteiger partial charge in [0.15, 0.2) is 17.8 Å². The molecule has 0 amide bonds. The summed E-state index contributed by atoms with van der Waals surface area (Å²) in [4.78, 5) is 11.4. The summed E-state index contributed by atoms with van der Waals surface area (Å²) in [6.45, 7) is 1.12. The number of aryl methyl sites for hydroxylation is 2. The average molecular weight is 374 g/mol. The highest BCUT2D eigenvalue weighted by Gasteiger charge is 2.11. The van der Waals surface area contributed by atoms with Gasteiger partial charge >= 0.3 is 0 Å². The van der Waals surface area contributed by atoms with Gasteiger partial charge in [-0.25, -0.2) is 0 Å². The Balaban J connectivity index is 1.51. The number of carbonyl (C=O) groups is 1. The molecule has 0 aliphatic carbocycles. The standard InChI is InChI=1S/C25H26O3/c26-20-23-16-7-17-24(27-18-8-14-21-10-3-1-4-11-21)25(23)28-19-9-15-22-12-5-2-6-13-22/h1-7,10-13,16-17,20H,8-9,14-15,18-19H2. The molecule has 0 heterocycles. The first-order chi connectivity index (χ1) is 13.9. The SMILES string of the molecule is O=Cc1cccc(OCCCc2ccccc2)c1OCCCc1ccccc1. The van der Waals surface area contributed by atoms with Crippen LogP contribution in [0.5, 0.6) is 11.5 Å². The van der Waals surface area contributed by atoms with Crippen LogP contribution in [-0.2, 0) is 12.8 Å². The van der Waals surface area contributed by atoms with Gasteiger partial charge < -0.3 is 9.47 Å². The van der Waals surface area contributed by atoms with Crippen LogP contribution >= 0.6 is 0 Å². The molecule has 3 aromatic rings. The van der Waals surface area contributed by atoms with E-state index in [1.807, 2.05) is 48.5 Å². The van der Waals surface area contributed by atoms with Crippen LogP contribution in [0.4, 0.5) is 0 Å². The molecule has 0 atom stereocenters. The van der Waals surface area contributed by atoms with Crippen molar-refractivity contribution in [1.82, 2.24) is 0 Å². The molecule has 0 fully saturated rings. The van der Waals surface area contributed by atoms with E-state index in [1.54, 1.807) is 6.07 Å². The lowest BCUT2D eigenvalue weighted by Gasteiger charge is -2.14. The molecule has 3 rings (SSSR count). The van der Waals surface area contributed by atoms with Crippen LogP contribution < -0.4 is 9.47 Å². The topological polar surface area (TPSA) is 35.5 Å². The number of hydrogen-bond acceptors (Lipinski definition) is 3. The molecule has 0 aliphatic heterocycles. The smallest absolute Gasteiger partial charge is 0.171 e. The van der Waals surface area contributed by atoms with Gasteiger partial charge in [-0.3, -0.25) is 4.79 Å². The Morgan fingerprint density at radius 3 is 1.79 bits per heavy atom. The normalized spacial score (nSPS) is 10.4. The minimum atomic E-state index is 0.528. The third-order valence-electron chi connectivity index (χ3n) is 4.55. The average Bonchev–Trinajstić information content (AvgIpc) is 2.76. The highest BCUT2D eigenvalue weighted by Crippen LogP contribution is 2.30. The second-order valence-electron chi connectivity index (χ2n) is 6.67. The third kappa shape index (κ3) is 5.98. The second kappa shape index (κ2) is 10.9. The Hall–Kier alpha value is -3.07. The quantitative estimate of drug-likeness (QED) is 0.327. The Morgan fingerprint density at radius 2 is 1.21 bits per heavy atom. The van der Waals surface area contributed by atoms with E-state index in [-0.39, 0.29) is 0 Å². The van der Waals surface area contributed by atoms with Crippen LogP contribution in [0, 0.1) is 0 Å². The summed E-state index contributed by atoms with van der Waals surface area (Å²) in [5.74, 6) is 1.18. The molecule has 0 unspecified atom stereocenters. The largest absolute Gasteiger partial charge is 0.490 e.